The van der Waals surface area contributed by atoms with E-state index >= 15 is 0 Å². The zero-order valence-corrected chi connectivity index (χ0v) is 15.7. The molecule has 8 nitrogen and oxygen atoms in total. The van der Waals surface area contributed by atoms with E-state index in [1.807, 2.05) is 40.1 Å². The molecule has 0 saturated carbocycles. The van der Waals surface area contributed by atoms with Gasteiger partial charge in [0.1, 0.15) is 17.0 Å². The SMILES string of the molecule is Cc1onc(-c2ccccc2)c1C(=O)N1C[C@H]2COC[C@@H]1CN(CC(=O)O)C2. The molecule has 2 atom stereocenters. The van der Waals surface area contributed by atoms with Crippen LogP contribution in [0.25, 0.3) is 11.3 Å². The van der Waals surface area contributed by atoms with E-state index in [1.54, 1.807) is 6.92 Å². The summed E-state index contributed by atoms with van der Waals surface area (Å²) in [5.41, 5.74) is 1.82. The van der Waals surface area contributed by atoms with Gasteiger partial charge in [0.05, 0.1) is 25.8 Å². The van der Waals surface area contributed by atoms with Gasteiger partial charge in [0.15, 0.2) is 0 Å². The summed E-state index contributed by atoms with van der Waals surface area (Å²) < 4.78 is 11.1. The molecule has 2 aliphatic heterocycles. The van der Waals surface area contributed by atoms with Crippen LogP contribution in [0.3, 0.4) is 0 Å². The Morgan fingerprint density at radius 3 is 2.71 bits per heavy atom. The van der Waals surface area contributed by atoms with Crippen LogP contribution in [-0.4, -0.2) is 77.4 Å². The van der Waals surface area contributed by atoms with E-state index in [9.17, 15) is 14.7 Å². The van der Waals surface area contributed by atoms with Crippen molar-refractivity contribution in [3.05, 3.63) is 41.7 Å². The molecule has 148 valence electrons. The van der Waals surface area contributed by atoms with Crippen LogP contribution >= 0.6 is 0 Å². The first-order valence-corrected chi connectivity index (χ1v) is 9.37. The number of hydrogen-bond donors (Lipinski definition) is 1. The molecule has 8 heteroatoms. The van der Waals surface area contributed by atoms with Crippen LogP contribution in [0.1, 0.15) is 16.1 Å². The lowest BCUT2D eigenvalue weighted by Gasteiger charge is -2.30. The topological polar surface area (TPSA) is 96.1 Å². The number of carboxylic acids is 1. The van der Waals surface area contributed by atoms with E-state index in [4.69, 9.17) is 9.26 Å². The number of aryl methyl sites for hydroxylation is 1. The minimum absolute atomic E-state index is 0.0312. The molecule has 28 heavy (non-hydrogen) atoms. The fourth-order valence-electron chi connectivity index (χ4n) is 4.07. The lowest BCUT2D eigenvalue weighted by Crippen LogP contribution is -2.47. The van der Waals surface area contributed by atoms with E-state index in [-0.39, 0.29) is 24.4 Å². The molecule has 0 spiro atoms. The summed E-state index contributed by atoms with van der Waals surface area (Å²) in [6.07, 6.45) is 0. The van der Waals surface area contributed by atoms with E-state index < -0.39 is 5.97 Å². The Labute approximate surface area is 162 Å². The molecule has 1 amide bonds. The van der Waals surface area contributed by atoms with Crippen molar-refractivity contribution in [1.29, 1.82) is 0 Å². The lowest BCUT2D eigenvalue weighted by atomic mass is 10.0. The molecule has 0 radical (unpaired) electrons. The number of rotatable bonds is 4. The highest BCUT2D eigenvalue weighted by atomic mass is 16.5. The number of benzene rings is 1. The van der Waals surface area contributed by atoms with Gasteiger partial charge in [-0.05, 0) is 6.92 Å². The fraction of sp³-hybridized carbons (Fsp3) is 0.450. The molecule has 2 fully saturated rings. The molecular formula is C20H23N3O5. The van der Waals surface area contributed by atoms with Gasteiger partial charge in [-0.1, -0.05) is 35.5 Å². The minimum Gasteiger partial charge on any atom is -0.480 e. The maximum absolute atomic E-state index is 13.5. The van der Waals surface area contributed by atoms with Crippen LogP contribution in [0.15, 0.2) is 34.9 Å². The highest BCUT2D eigenvalue weighted by Crippen LogP contribution is 2.29. The number of aliphatic carboxylic acids is 1. The number of amides is 1. The summed E-state index contributed by atoms with van der Waals surface area (Å²) in [5.74, 6) is -0.461. The van der Waals surface area contributed by atoms with Crippen LogP contribution in [0, 0.1) is 12.8 Å². The molecule has 1 aromatic carbocycles. The second kappa shape index (κ2) is 7.73. The Morgan fingerprint density at radius 1 is 1.18 bits per heavy atom. The predicted molar refractivity (Wildman–Crippen MR) is 99.9 cm³/mol. The zero-order chi connectivity index (χ0) is 19.7. The number of fused-ring (bicyclic) bond motifs is 3. The third-order valence-electron chi connectivity index (χ3n) is 5.29. The van der Waals surface area contributed by atoms with Gasteiger partial charge in [0.25, 0.3) is 5.91 Å². The second-order valence-electron chi connectivity index (χ2n) is 7.43. The summed E-state index contributed by atoms with van der Waals surface area (Å²) in [4.78, 5) is 28.4. The molecule has 2 bridgehead atoms. The Morgan fingerprint density at radius 2 is 1.96 bits per heavy atom. The van der Waals surface area contributed by atoms with Crippen molar-refractivity contribution in [2.45, 2.75) is 13.0 Å². The Bertz CT molecular complexity index is 866. The molecule has 4 rings (SSSR count). The smallest absolute Gasteiger partial charge is 0.317 e. The molecule has 1 aromatic heterocycles. The third kappa shape index (κ3) is 3.65. The molecule has 3 heterocycles. The number of aromatic nitrogens is 1. The van der Waals surface area contributed by atoms with Crippen molar-refractivity contribution >= 4 is 11.9 Å². The number of ether oxygens (including phenoxy) is 1. The van der Waals surface area contributed by atoms with Crippen LogP contribution in [0.2, 0.25) is 0 Å². The third-order valence-corrected chi connectivity index (χ3v) is 5.29. The van der Waals surface area contributed by atoms with Gasteiger partial charge in [-0.3, -0.25) is 14.5 Å². The average Bonchev–Trinajstić information content (AvgIpc) is 2.82. The van der Waals surface area contributed by atoms with Gasteiger partial charge in [0, 0.05) is 31.1 Å². The molecule has 1 N–H and O–H groups in total. The van der Waals surface area contributed by atoms with Crippen molar-refractivity contribution in [3.63, 3.8) is 0 Å². The fourth-order valence-corrected chi connectivity index (χ4v) is 4.07. The summed E-state index contributed by atoms with van der Waals surface area (Å²) in [7, 11) is 0. The highest BCUT2D eigenvalue weighted by molar-refractivity contribution is 6.01. The summed E-state index contributed by atoms with van der Waals surface area (Å²) >= 11 is 0. The quantitative estimate of drug-likeness (QED) is 0.852. The largest absolute Gasteiger partial charge is 0.480 e. The van der Waals surface area contributed by atoms with Crippen molar-refractivity contribution in [1.82, 2.24) is 15.0 Å². The van der Waals surface area contributed by atoms with Gasteiger partial charge < -0.3 is 19.3 Å². The van der Waals surface area contributed by atoms with E-state index in [2.05, 4.69) is 5.16 Å². The minimum atomic E-state index is -0.861. The number of carbonyl (C=O) groups is 2. The van der Waals surface area contributed by atoms with Crippen molar-refractivity contribution in [2.24, 2.45) is 5.92 Å². The monoisotopic (exact) mass is 385 g/mol. The first-order valence-electron chi connectivity index (χ1n) is 9.37. The molecule has 2 aliphatic rings. The van der Waals surface area contributed by atoms with Crippen LogP contribution in [-0.2, 0) is 9.53 Å². The van der Waals surface area contributed by atoms with Crippen LogP contribution in [0.5, 0.6) is 0 Å². The van der Waals surface area contributed by atoms with Crippen molar-refractivity contribution in [2.75, 3.05) is 39.4 Å². The maximum atomic E-state index is 13.5. The standard InChI is InChI=1S/C20H23N3O5/c1-13-18(19(21-28-13)15-5-3-2-4-6-15)20(26)23-8-14-7-22(10-17(24)25)9-16(23)12-27-11-14/h2-6,14,16H,7-12H2,1H3,(H,24,25)/t14-,16-/m0/s1. The maximum Gasteiger partial charge on any atom is 0.317 e. The van der Waals surface area contributed by atoms with Gasteiger partial charge in [-0.25, -0.2) is 0 Å². The van der Waals surface area contributed by atoms with Gasteiger partial charge in [-0.15, -0.1) is 0 Å². The van der Waals surface area contributed by atoms with Crippen LogP contribution < -0.4 is 0 Å². The van der Waals surface area contributed by atoms with Gasteiger partial charge >= 0.3 is 5.97 Å². The van der Waals surface area contributed by atoms with E-state index in [0.29, 0.717) is 49.9 Å². The Hall–Kier alpha value is -2.71. The van der Waals surface area contributed by atoms with E-state index in [0.717, 1.165) is 5.56 Å². The number of hydrogen-bond acceptors (Lipinski definition) is 6. The number of carboxylic acid groups (broad SMARTS) is 1. The highest BCUT2D eigenvalue weighted by Gasteiger charge is 2.38. The van der Waals surface area contributed by atoms with Crippen LogP contribution in [0.4, 0.5) is 0 Å². The Balaban J connectivity index is 1.65. The molecular weight excluding hydrogens is 362 g/mol. The van der Waals surface area contributed by atoms with Gasteiger partial charge in [-0.2, -0.15) is 0 Å². The number of carbonyl (C=O) groups excluding carboxylic acids is 1. The van der Waals surface area contributed by atoms with Crippen molar-refractivity contribution in [3.8, 4) is 11.3 Å². The van der Waals surface area contributed by atoms with Gasteiger partial charge in [0.2, 0.25) is 0 Å². The zero-order valence-electron chi connectivity index (χ0n) is 15.7. The number of nitrogens with zero attached hydrogens (tertiary/aromatic N) is 3. The Kier molecular flexibility index (Phi) is 5.15. The molecule has 0 aliphatic carbocycles. The average molecular weight is 385 g/mol. The second-order valence-corrected chi connectivity index (χ2v) is 7.43. The first-order chi connectivity index (χ1) is 13.5. The predicted octanol–water partition coefficient (Wildman–Crippen LogP) is 1.51. The molecule has 2 saturated heterocycles. The summed E-state index contributed by atoms with van der Waals surface area (Å²) in [5, 5.41) is 13.3. The lowest BCUT2D eigenvalue weighted by molar-refractivity contribution is -0.138. The summed E-state index contributed by atoms with van der Waals surface area (Å²) in [6, 6.07) is 9.27. The normalized spacial score (nSPS) is 22.7. The van der Waals surface area contributed by atoms with Crippen molar-refractivity contribution < 1.29 is 24.0 Å². The molecule has 2 aromatic rings. The summed E-state index contributed by atoms with van der Waals surface area (Å²) in [6.45, 7) is 4.22. The van der Waals surface area contributed by atoms with E-state index in [1.165, 1.54) is 0 Å². The molecule has 0 unspecified atom stereocenters. The first kappa shape index (κ1) is 18.6.